The largest absolute Gasteiger partial charge is 0.308 e. The second-order valence-corrected chi connectivity index (χ2v) is 9.15. The predicted octanol–water partition coefficient (Wildman–Crippen LogP) is 7.78. The van der Waals surface area contributed by atoms with Crippen LogP contribution in [0.25, 0.3) is 16.7 Å². The van der Waals surface area contributed by atoms with Gasteiger partial charge in [-0.05, 0) is 6.92 Å². The van der Waals surface area contributed by atoms with Crippen LogP contribution in [0.4, 0.5) is 52.7 Å². The summed E-state index contributed by atoms with van der Waals surface area (Å²) in [6.07, 6.45) is -0.180. The van der Waals surface area contributed by atoms with Gasteiger partial charge >= 0.3 is 0 Å². The number of nitriles is 4. The third kappa shape index (κ3) is 4.68. The Labute approximate surface area is 253 Å². The fraction of sp³-hybridized carbons (Fsp3) is 0.0333. The van der Waals surface area contributed by atoms with Crippen LogP contribution in [0.3, 0.4) is 0 Å². The minimum absolute atomic E-state index is 0.180. The highest BCUT2D eigenvalue weighted by molar-refractivity contribution is 6.12. The lowest BCUT2D eigenvalue weighted by molar-refractivity contribution is 0.442. The zero-order chi connectivity index (χ0) is 35.4. The first kappa shape index (κ1) is 33.6. The molecule has 1 aliphatic rings. The third-order valence-electron chi connectivity index (χ3n) is 6.82. The second kappa shape index (κ2) is 11.9. The van der Waals surface area contributed by atoms with Crippen molar-refractivity contribution in [2.24, 2.45) is 0 Å². The topological polar surface area (TPSA) is 119 Å². The van der Waals surface area contributed by atoms with Crippen molar-refractivity contribution in [2.45, 2.75) is 6.92 Å². The zero-order valence-electron chi connectivity index (χ0n) is 22.4. The Morgan fingerprint density at radius 2 is 0.745 bits per heavy atom. The first-order valence-electron chi connectivity index (χ1n) is 12.0. The van der Waals surface area contributed by atoms with Gasteiger partial charge in [0.25, 0.3) is 0 Å². The van der Waals surface area contributed by atoms with Gasteiger partial charge in [0.2, 0.25) is 0 Å². The highest BCUT2D eigenvalue weighted by atomic mass is 19.2. The van der Waals surface area contributed by atoms with Crippen molar-refractivity contribution in [3.05, 3.63) is 120 Å². The van der Waals surface area contributed by atoms with E-state index in [-0.39, 0.29) is 6.21 Å². The highest BCUT2D eigenvalue weighted by Crippen LogP contribution is 2.57. The summed E-state index contributed by atoms with van der Waals surface area (Å²) in [6, 6.07) is 3.84. The number of nitrogens with zero attached hydrogens (tertiary/aromatic N) is 4. The Morgan fingerprint density at radius 1 is 0.468 bits per heavy atom. The molecule has 0 atom stereocenters. The number of nitrogens with one attached hydrogen (secondary N) is 1. The summed E-state index contributed by atoms with van der Waals surface area (Å²) in [6.45, 7) is 0.557. The summed E-state index contributed by atoms with van der Waals surface area (Å²) in [5.74, 6) is -28.1. The smallest absolute Gasteiger partial charge is 0.180 e. The van der Waals surface area contributed by atoms with Gasteiger partial charge in [0.1, 0.15) is 29.8 Å². The van der Waals surface area contributed by atoms with Crippen molar-refractivity contribution < 1.29 is 52.7 Å². The van der Waals surface area contributed by atoms with Gasteiger partial charge in [-0.3, -0.25) is 0 Å². The van der Waals surface area contributed by atoms with Crippen LogP contribution >= 0.6 is 0 Å². The molecule has 47 heavy (non-hydrogen) atoms. The van der Waals surface area contributed by atoms with Gasteiger partial charge < -0.3 is 5.41 Å². The van der Waals surface area contributed by atoms with Crippen LogP contribution in [0, 0.1) is 127 Å². The monoisotopic (exact) mass is 663 g/mol. The van der Waals surface area contributed by atoms with E-state index in [9.17, 15) is 42.1 Å². The molecule has 0 spiro atoms. The van der Waals surface area contributed by atoms with E-state index in [4.69, 9.17) is 10.7 Å². The van der Waals surface area contributed by atoms with Crippen LogP contribution < -0.4 is 0 Å². The van der Waals surface area contributed by atoms with Gasteiger partial charge in [0.15, 0.2) is 69.8 Å². The first-order valence-corrected chi connectivity index (χ1v) is 12.0. The minimum Gasteiger partial charge on any atom is -0.308 e. The standard InChI is InChI=1S/C30H5F12N5/c1-7-19(31)25(37)16(26(38)20(7)32)8(2-43)13-14(9(3-44)17-27(39)21(33)11(5-46)22(34)28(17)40)15(13)10(4-45)18-29(41)23(35)12(6-47)24(36)30(18)42/h5,46H,1H3. The molecule has 1 saturated carbocycles. The van der Waals surface area contributed by atoms with Gasteiger partial charge in [-0.25, -0.2) is 52.7 Å². The van der Waals surface area contributed by atoms with Gasteiger partial charge in [0, 0.05) is 28.5 Å². The third-order valence-corrected chi connectivity index (χ3v) is 6.82. The molecule has 1 fully saturated rings. The van der Waals surface area contributed by atoms with Gasteiger partial charge in [-0.2, -0.15) is 21.0 Å². The van der Waals surface area contributed by atoms with E-state index in [1.807, 2.05) is 0 Å². The lowest BCUT2D eigenvalue weighted by atomic mass is 9.99. The number of hydrogen-bond donors (Lipinski definition) is 1. The fourth-order valence-corrected chi connectivity index (χ4v) is 4.55. The Kier molecular flexibility index (Phi) is 8.48. The summed E-state index contributed by atoms with van der Waals surface area (Å²) in [5.41, 5.74) is -19.7. The average Bonchev–Trinajstić information content (AvgIpc) is 3.77. The Bertz CT molecular complexity index is 2200. The normalized spacial score (nSPS) is 15.3. The van der Waals surface area contributed by atoms with Crippen molar-refractivity contribution in [2.75, 3.05) is 0 Å². The van der Waals surface area contributed by atoms with Crippen molar-refractivity contribution in [3.63, 3.8) is 0 Å². The molecule has 234 valence electrons. The average molecular weight is 663 g/mol. The summed E-state index contributed by atoms with van der Waals surface area (Å²) in [5, 5.41) is 45.2. The Morgan fingerprint density at radius 3 is 1.00 bits per heavy atom. The van der Waals surface area contributed by atoms with Crippen LogP contribution in [-0.4, -0.2) is 6.21 Å². The van der Waals surface area contributed by atoms with Crippen LogP contribution in [0.5, 0.6) is 0 Å². The summed E-state index contributed by atoms with van der Waals surface area (Å²) in [4.78, 5) is 0. The maximum absolute atomic E-state index is 15.1. The molecule has 1 aliphatic carbocycles. The molecule has 1 N–H and O–H groups in total. The maximum atomic E-state index is 15.1. The van der Waals surface area contributed by atoms with Crippen molar-refractivity contribution in [3.8, 4) is 24.3 Å². The summed E-state index contributed by atoms with van der Waals surface area (Å²) >= 11 is 0. The number of hydrogen-bond acceptors (Lipinski definition) is 5. The van der Waals surface area contributed by atoms with E-state index < -0.39 is 137 Å². The van der Waals surface area contributed by atoms with Gasteiger partial charge in [-0.15, -0.1) is 0 Å². The molecule has 0 amide bonds. The van der Waals surface area contributed by atoms with E-state index in [2.05, 4.69) is 0 Å². The van der Waals surface area contributed by atoms with E-state index in [0.717, 1.165) is 24.3 Å². The molecule has 3 aromatic carbocycles. The number of rotatable bonds is 4. The predicted molar refractivity (Wildman–Crippen MR) is 134 cm³/mol. The SMILES string of the molecule is Cc1c(F)c(F)c(C(C#N)=C2C(=C(C#N)c3c(F)c(F)c(C#N)c(F)c3F)C2=C(C#N)c2c(F)c(F)c(C=N)c(F)c2F)c(F)c1F. The molecule has 0 saturated heterocycles. The van der Waals surface area contributed by atoms with Gasteiger partial charge in [0.05, 0.1) is 39.0 Å². The number of allylic oxidation sites excluding steroid dienone is 6. The lowest BCUT2D eigenvalue weighted by Gasteiger charge is -2.09. The van der Waals surface area contributed by atoms with E-state index in [0.29, 0.717) is 6.92 Å². The highest BCUT2D eigenvalue weighted by Gasteiger charge is 2.46. The molecular weight excluding hydrogens is 658 g/mol. The van der Waals surface area contributed by atoms with Crippen LogP contribution in [0.1, 0.15) is 33.4 Å². The van der Waals surface area contributed by atoms with E-state index in [1.54, 1.807) is 0 Å². The quantitative estimate of drug-likeness (QED) is 0.133. The van der Waals surface area contributed by atoms with Crippen LogP contribution in [0.2, 0.25) is 0 Å². The molecule has 0 aliphatic heterocycles. The van der Waals surface area contributed by atoms with Crippen molar-refractivity contribution >= 4 is 22.9 Å². The molecule has 0 aromatic heterocycles. The van der Waals surface area contributed by atoms with Gasteiger partial charge in [-0.1, -0.05) is 0 Å². The van der Waals surface area contributed by atoms with Crippen molar-refractivity contribution in [1.82, 2.24) is 0 Å². The molecular formula is C30H5F12N5. The summed E-state index contributed by atoms with van der Waals surface area (Å²) in [7, 11) is 0. The molecule has 4 rings (SSSR count). The fourth-order valence-electron chi connectivity index (χ4n) is 4.55. The first-order chi connectivity index (χ1) is 22.1. The number of halogens is 12. The zero-order valence-corrected chi connectivity index (χ0v) is 22.4. The number of benzene rings is 3. The maximum Gasteiger partial charge on any atom is 0.180 e. The second-order valence-electron chi connectivity index (χ2n) is 9.15. The molecule has 0 heterocycles. The molecule has 0 unspecified atom stereocenters. The molecule has 5 nitrogen and oxygen atoms in total. The molecule has 0 radical (unpaired) electrons. The van der Waals surface area contributed by atoms with Crippen molar-refractivity contribution in [1.29, 1.82) is 26.5 Å². The van der Waals surface area contributed by atoms with E-state index in [1.165, 1.54) is 0 Å². The minimum atomic E-state index is -2.48. The van der Waals surface area contributed by atoms with Crippen LogP contribution in [0.15, 0.2) is 16.7 Å². The Balaban J connectivity index is 2.37. The molecule has 3 aromatic rings. The molecule has 0 bridgehead atoms. The Hall–Kier alpha value is -6.33. The molecule has 17 heteroatoms. The summed E-state index contributed by atoms with van der Waals surface area (Å²) < 4.78 is 177. The van der Waals surface area contributed by atoms with Crippen LogP contribution in [-0.2, 0) is 0 Å². The lowest BCUT2D eigenvalue weighted by Crippen LogP contribution is -2.08. The van der Waals surface area contributed by atoms with E-state index >= 15 is 26.3 Å².